The summed E-state index contributed by atoms with van der Waals surface area (Å²) in [6.45, 7) is 3.96. The average molecular weight is 667 g/mol. The first-order chi connectivity index (χ1) is 22.7. The van der Waals surface area contributed by atoms with Crippen molar-refractivity contribution in [2.45, 2.75) is 50.2 Å². The fourth-order valence-corrected chi connectivity index (χ4v) is 8.34. The maximum Gasteiger partial charge on any atom is 0.255 e. The van der Waals surface area contributed by atoms with Gasteiger partial charge in [0, 0.05) is 57.5 Å². The fourth-order valence-electron chi connectivity index (χ4n) is 8.34. The number of nitrogens with zero attached hydrogens (tertiary/aromatic N) is 6. The molecule has 1 saturated carbocycles. The van der Waals surface area contributed by atoms with Gasteiger partial charge in [-0.25, -0.2) is 15.0 Å². The summed E-state index contributed by atoms with van der Waals surface area (Å²) < 4.78 is 0. The van der Waals surface area contributed by atoms with Crippen LogP contribution in [-0.4, -0.2) is 136 Å². The Labute approximate surface area is 279 Å². The van der Waals surface area contributed by atoms with Gasteiger partial charge in [0.1, 0.15) is 28.6 Å². The highest BCUT2D eigenvalue weighted by Crippen LogP contribution is 2.55. The van der Waals surface area contributed by atoms with Gasteiger partial charge in [-0.2, -0.15) is 5.12 Å². The number of aliphatic hydroxyl groups excluding tert-OH is 2. The number of ketones is 2. The van der Waals surface area contributed by atoms with Gasteiger partial charge >= 0.3 is 0 Å². The van der Waals surface area contributed by atoms with Crippen LogP contribution in [-0.2, 0) is 20.8 Å². The van der Waals surface area contributed by atoms with Crippen LogP contribution in [0.5, 0.6) is 5.75 Å². The number of aliphatic hydroxyl groups is 3. The molecule has 2 aliphatic heterocycles. The molecule has 3 fully saturated rings. The van der Waals surface area contributed by atoms with Crippen LogP contribution in [0.4, 0.5) is 11.4 Å². The number of hydrazine groups is 2. The zero-order valence-corrected chi connectivity index (χ0v) is 27.9. The summed E-state index contributed by atoms with van der Waals surface area (Å²) in [4.78, 5) is 47.8. The largest absolute Gasteiger partial charge is 0.508 e. The molecule has 2 saturated heterocycles. The number of anilines is 1. The van der Waals surface area contributed by atoms with Gasteiger partial charge in [0.05, 0.1) is 18.2 Å². The van der Waals surface area contributed by atoms with Gasteiger partial charge in [-0.1, -0.05) is 0 Å². The normalized spacial score (nSPS) is 28.4. The third-order valence-corrected chi connectivity index (χ3v) is 10.5. The summed E-state index contributed by atoms with van der Waals surface area (Å²) in [7, 11) is 6.75. The number of fused-ring (bicyclic) bond motifs is 3. The lowest BCUT2D eigenvalue weighted by molar-refractivity contribution is -0.153. The molecule has 1 aromatic carbocycles. The molecular formula is C33H46N8O7. The molecule has 8 N–H and O–H groups in total. The number of Topliss-reactive ketones (excluding diaryl/α,β-unsaturated/α-hetero) is 2. The second-order valence-electron chi connectivity index (χ2n) is 13.9. The van der Waals surface area contributed by atoms with Crippen LogP contribution in [0.1, 0.15) is 43.2 Å². The van der Waals surface area contributed by atoms with Crippen LogP contribution in [0.25, 0.3) is 5.76 Å². The van der Waals surface area contributed by atoms with E-state index in [1.807, 2.05) is 19.0 Å². The number of phenols is 1. The number of hydrogen-bond donors (Lipinski definition) is 6. The summed E-state index contributed by atoms with van der Waals surface area (Å²) >= 11 is 0. The number of carbonyl (C=O) groups excluding carboxylic acids is 3. The number of amides is 1. The molecule has 0 bridgehead atoms. The Bertz CT molecular complexity index is 1620. The molecule has 3 aliphatic carbocycles. The Morgan fingerprint density at radius 1 is 1.00 bits per heavy atom. The van der Waals surface area contributed by atoms with E-state index < -0.39 is 58.0 Å². The van der Waals surface area contributed by atoms with Crippen molar-refractivity contribution in [1.82, 2.24) is 20.0 Å². The van der Waals surface area contributed by atoms with Crippen LogP contribution >= 0.6 is 0 Å². The van der Waals surface area contributed by atoms with E-state index in [2.05, 4.69) is 20.1 Å². The lowest BCUT2D eigenvalue weighted by Crippen LogP contribution is -2.65. The molecule has 1 aromatic rings. The van der Waals surface area contributed by atoms with Crippen molar-refractivity contribution in [3.8, 4) is 5.75 Å². The van der Waals surface area contributed by atoms with Crippen LogP contribution < -0.4 is 16.4 Å². The molecule has 0 aromatic heterocycles. The van der Waals surface area contributed by atoms with Crippen LogP contribution in [0.2, 0.25) is 0 Å². The predicted octanol–water partition coefficient (Wildman–Crippen LogP) is 0.342. The molecule has 0 spiro atoms. The third-order valence-electron chi connectivity index (χ3n) is 10.5. The minimum atomic E-state index is -2.71. The smallest absolute Gasteiger partial charge is 0.255 e. The van der Waals surface area contributed by atoms with Gasteiger partial charge in [0.2, 0.25) is 5.78 Å². The molecular weight excluding hydrogens is 620 g/mol. The van der Waals surface area contributed by atoms with E-state index in [4.69, 9.17) is 11.5 Å². The van der Waals surface area contributed by atoms with Crippen LogP contribution in [0.15, 0.2) is 28.0 Å². The molecule has 15 heteroatoms. The van der Waals surface area contributed by atoms with Crippen LogP contribution in [0.3, 0.4) is 0 Å². The number of phenolic OH excluding ortho intramolecular Hbond substituents is 1. The van der Waals surface area contributed by atoms with Gasteiger partial charge in [-0.15, -0.1) is 0 Å². The van der Waals surface area contributed by atoms with E-state index in [0.717, 1.165) is 51.9 Å². The Balaban J connectivity index is 1.45. The second-order valence-corrected chi connectivity index (χ2v) is 13.9. The lowest BCUT2D eigenvalue weighted by Gasteiger charge is -2.50. The molecule has 260 valence electrons. The maximum absolute atomic E-state index is 14.3. The predicted molar refractivity (Wildman–Crippen MR) is 178 cm³/mol. The first-order valence-corrected chi connectivity index (χ1v) is 16.5. The Morgan fingerprint density at radius 2 is 1.58 bits per heavy atom. The minimum Gasteiger partial charge on any atom is -0.508 e. The van der Waals surface area contributed by atoms with Gasteiger partial charge in [-0.3, -0.25) is 19.3 Å². The number of benzene rings is 1. The van der Waals surface area contributed by atoms with Crippen molar-refractivity contribution in [3.05, 3.63) is 34.1 Å². The van der Waals surface area contributed by atoms with Gasteiger partial charge < -0.3 is 36.8 Å². The molecule has 0 radical (unpaired) electrons. The minimum absolute atomic E-state index is 0.00901. The van der Waals surface area contributed by atoms with Crippen molar-refractivity contribution >= 4 is 40.4 Å². The number of rotatable bonds is 8. The van der Waals surface area contributed by atoms with Crippen molar-refractivity contribution in [2.24, 2.45) is 28.3 Å². The highest BCUT2D eigenvalue weighted by molar-refractivity contribution is 6.24. The molecule has 48 heavy (non-hydrogen) atoms. The van der Waals surface area contributed by atoms with Crippen LogP contribution in [0, 0.1) is 11.8 Å². The van der Waals surface area contributed by atoms with Crippen molar-refractivity contribution in [1.29, 1.82) is 0 Å². The monoisotopic (exact) mass is 666 g/mol. The maximum atomic E-state index is 14.3. The van der Waals surface area contributed by atoms with E-state index in [9.17, 15) is 34.8 Å². The zero-order chi connectivity index (χ0) is 34.8. The molecule has 4 atom stereocenters. The molecule has 2 heterocycles. The second kappa shape index (κ2) is 12.5. The first kappa shape index (κ1) is 33.9. The SMILES string of the molecule is CN(C)c1cc(N=C(N)CN(N2CCCC2)N2CCCC2)c(O)c2c1CC1CC3[C@H](N(C)C)C(=O)C(C(N)=O)=C(O)[C@@]3(O)C(=O)C1=C2O. The lowest BCUT2D eigenvalue weighted by atomic mass is 9.57. The van der Waals surface area contributed by atoms with Crippen molar-refractivity contribution in [3.63, 3.8) is 0 Å². The number of primary amides is 1. The zero-order valence-electron chi connectivity index (χ0n) is 27.9. The number of carbonyl (C=O) groups is 3. The Kier molecular flexibility index (Phi) is 8.79. The topological polar surface area (TPSA) is 213 Å². The fraction of sp³-hybridized carbons (Fsp3) is 0.576. The average Bonchev–Trinajstić information content (AvgIpc) is 3.74. The molecule has 2 unspecified atom stereocenters. The number of nitrogens with two attached hydrogens (primary N) is 2. The van der Waals surface area contributed by atoms with Gasteiger partial charge in [0.25, 0.3) is 5.91 Å². The van der Waals surface area contributed by atoms with Gasteiger partial charge in [-0.05, 0) is 70.2 Å². The molecule has 1 amide bonds. The highest BCUT2D eigenvalue weighted by Gasteiger charge is 2.64. The molecule has 15 nitrogen and oxygen atoms in total. The van der Waals surface area contributed by atoms with Gasteiger partial charge in [0.15, 0.2) is 17.1 Å². The molecule has 5 aliphatic rings. The number of aliphatic imine (C=N–C) groups is 1. The summed E-state index contributed by atoms with van der Waals surface area (Å²) in [5.74, 6) is -6.79. The standard InChI is InChI=1S/C33H46N8O7/c1-37(2)21-15-20(36-22(34)16-41(39-9-5-6-10-39)40-11-7-8-12-40)27(42)24-18(21)13-17-14-19-26(38(3)4)29(44)25(32(35)47)31(46)33(19,48)30(45)23(17)28(24)43/h15,17,19,26,42-43,46,48H,5-14,16H2,1-4H3,(H2,34,36)(H2,35,47)/t17?,19?,26-,33-/m0/s1. The summed E-state index contributed by atoms with van der Waals surface area (Å²) in [5.41, 5.74) is 9.44. The van der Waals surface area contributed by atoms with Crippen molar-refractivity contribution < 1.29 is 34.8 Å². The number of likely N-dealkylation sites (N-methyl/N-ethyl adjacent to an activating group) is 1. The summed E-state index contributed by atoms with van der Waals surface area (Å²) in [5, 5.41) is 53.2. The summed E-state index contributed by atoms with van der Waals surface area (Å²) in [6.07, 6.45) is 4.54. The van der Waals surface area contributed by atoms with E-state index >= 15 is 0 Å². The quantitative estimate of drug-likeness (QED) is 0.126. The van der Waals surface area contributed by atoms with E-state index in [-0.39, 0.29) is 41.3 Å². The number of aromatic hydroxyl groups is 1. The van der Waals surface area contributed by atoms with E-state index in [1.54, 1.807) is 20.2 Å². The summed E-state index contributed by atoms with van der Waals surface area (Å²) in [6, 6.07) is 0.543. The highest BCUT2D eigenvalue weighted by atomic mass is 16.3. The Hall–Kier alpha value is -4.02. The third kappa shape index (κ3) is 5.24. The number of hydrogen-bond acceptors (Lipinski definition) is 13. The van der Waals surface area contributed by atoms with E-state index in [0.29, 0.717) is 17.8 Å². The number of amidine groups is 1. The molecule has 6 rings (SSSR count). The van der Waals surface area contributed by atoms with E-state index in [1.165, 1.54) is 4.90 Å². The first-order valence-electron chi connectivity index (χ1n) is 16.5. The van der Waals surface area contributed by atoms with Crippen molar-refractivity contribution in [2.75, 3.05) is 65.8 Å². The Morgan fingerprint density at radius 3 is 2.10 bits per heavy atom.